The molecule has 2 amide bonds. The van der Waals surface area contributed by atoms with E-state index in [0.717, 1.165) is 25.2 Å². The standard InChI is InChI=1S/C21H33N3O3/c1-16(23-20(26)27-21(2,3)4)19(25)22-14-17-10-6-7-11-18(17)15-24-12-8-5-9-13-24/h6-7,10-11,16H,5,8-9,12-15H2,1-4H3,(H,22,25)(H,23,26)/t16-/m1/s1. The molecule has 27 heavy (non-hydrogen) atoms. The van der Waals surface area contributed by atoms with Gasteiger partial charge in [0.25, 0.3) is 0 Å². The fourth-order valence-corrected chi connectivity index (χ4v) is 3.13. The summed E-state index contributed by atoms with van der Waals surface area (Å²) in [6.45, 7) is 10.7. The average Bonchev–Trinajstić information content (AvgIpc) is 2.60. The van der Waals surface area contributed by atoms with Gasteiger partial charge in [-0.15, -0.1) is 0 Å². The van der Waals surface area contributed by atoms with E-state index in [1.807, 2.05) is 18.2 Å². The van der Waals surface area contributed by atoms with Gasteiger partial charge in [0.1, 0.15) is 11.6 Å². The van der Waals surface area contributed by atoms with Crippen LogP contribution in [0.3, 0.4) is 0 Å². The zero-order valence-electron chi connectivity index (χ0n) is 17.0. The van der Waals surface area contributed by atoms with E-state index in [0.29, 0.717) is 6.54 Å². The molecular formula is C21H33N3O3. The van der Waals surface area contributed by atoms with Crippen LogP contribution >= 0.6 is 0 Å². The Morgan fingerprint density at radius 1 is 1.11 bits per heavy atom. The van der Waals surface area contributed by atoms with E-state index in [1.54, 1.807) is 27.7 Å². The summed E-state index contributed by atoms with van der Waals surface area (Å²) in [6, 6.07) is 7.54. The van der Waals surface area contributed by atoms with Crippen molar-refractivity contribution in [1.82, 2.24) is 15.5 Å². The Labute approximate surface area is 162 Å². The third-order valence-electron chi connectivity index (χ3n) is 4.54. The number of rotatable bonds is 6. The first-order chi connectivity index (χ1) is 12.7. The van der Waals surface area contributed by atoms with Crippen LogP contribution in [0.5, 0.6) is 0 Å². The zero-order valence-corrected chi connectivity index (χ0v) is 17.0. The zero-order chi connectivity index (χ0) is 19.9. The quantitative estimate of drug-likeness (QED) is 0.801. The molecule has 0 spiro atoms. The SMILES string of the molecule is C[C@@H](NC(=O)OC(C)(C)C)C(=O)NCc1ccccc1CN1CCCCC1. The fraction of sp³-hybridized carbons (Fsp3) is 0.619. The second kappa shape index (κ2) is 9.74. The average molecular weight is 376 g/mol. The van der Waals surface area contributed by atoms with Crippen LogP contribution in [0.2, 0.25) is 0 Å². The van der Waals surface area contributed by atoms with E-state index in [-0.39, 0.29) is 5.91 Å². The van der Waals surface area contributed by atoms with Gasteiger partial charge in [0.2, 0.25) is 5.91 Å². The van der Waals surface area contributed by atoms with E-state index in [4.69, 9.17) is 4.74 Å². The molecule has 6 heteroatoms. The molecule has 1 aliphatic heterocycles. The van der Waals surface area contributed by atoms with Crippen molar-refractivity contribution < 1.29 is 14.3 Å². The van der Waals surface area contributed by atoms with Crippen molar-refractivity contribution in [3.05, 3.63) is 35.4 Å². The first kappa shape index (κ1) is 21.2. The molecule has 1 fully saturated rings. The first-order valence-electron chi connectivity index (χ1n) is 9.81. The lowest BCUT2D eigenvalue weighted by atomic mass is 10.0. The Balaban J connectivity index is 1.86. The number of piperidine rings is 1. The predicted molar refractivity (Wildman–Crippen MR) is 106 cm³/mol. The molecule has 1 aromatic rings. The maximum absolute atomic E-state index is 12.3. The smallest absolute Gasteiger partial charge is 0.408 e. The number of amides is 2. The lowest BCUT2D eigenvalue weighted by molar-refractivity contribution is -0.122. The number of nitrogens with one attached hydrogen (secondary N) is 2. The Bertz CT molecular complexity index is 634. The Morgan fingerprint density at radius 2 is 1.74 bits per heavy atom. The molecule has 1 heterocycles. The van der Waals surface area contributed by atoms with Crippen LogP contribution in [0.15, 0.2) is 24.3 Å². The molecule has 1 aromatic carbocycles. The molecule has 0 saturated carbocycles. The van der Waals surface area contributed by atoms with Crippen LogP contribution in [0, 0.1) is 0 Å². The highest BCUT2D eigenvalue weighted by Gasteiger charge is 2.21. The highest BCUT2D eigenvalue weighted by molar-refractivity contribution is 5.85. The molecule has 0 bridgehead atoms. The van der Waals surface area contributed by atoms with E-state index in [9.17, 15) is 9.59 Å². The fourth-order valence-electron chi connectivity index (χ4n) is 3.13. The molecule has 0 aliphatic carbocycles. The van der Waals surface area contributed by atoms with E-state index in [2.05, 4.69) is 21.6 Å². The number of carbonyl (C=O) groups is 2. The van der Waals surface area contributed by atoms with Gasteiger partial charge in [-0.05, 0) is 64.8 Å². The first-order valence-corrected chi connectivity index (χ1v) is 9.81. The topological polar surface area (TPSA) is 70.7 Å². The highest BCUT2D eigenvalue weighted by Crippen LogP contribution is 2.16. The van der Waals surface area contributed by atoms with Crippen LogP contribution in [-0.4, -0.2) is 41.6 Å². The minimum atomic E-state index is -0.658. The number of alkyl carbamates (subject to hydrolysis) is 1. The summed E-state index contributed by atoms with van der Waals surface area (Å²) >= 11 is 0. The van der Waals surface area contributed by atoms with Crippen LogP contribution < -0.4 is 10.6 Å². The van der Waals surface area contributed by atoms with Gasteiger partial charge in [0.05, 0.1) is 0 Å². The van der Waals surface area contributed by atoms with Crippen molar-refractivity contribution in [3.8, 4) is 0 Å². The minimum Gasteiger partial charge on any atom is -0.444 e. The second-order valence-corrected chi connectivity index (χ2v) is 8.19. The van der Waals surface area contributed by atoms with Crippen molar-refractivity contribution in [2.75, 3.05) is 13.1 Å². The summed E-state index contributed by atoms with van der Waals surface area (Å²) in [5, 5.41) is 5.49. The second-order valence-electron chi connectivity index (χ2n) is 8.19. The summed E-state index contributed by atoms with van der Waals surface area (Å²) in [5.74, 6) is -0.228. The third-order valence-corrected chi connectivity index (χ3v) is 4.54. The predicted octanol–water partition coefficient (Wildman–Crippen LogP) is 3.20. The summed E-state index contributed by atoms with van der Waals surface area (Å²) in [6.07, 6.45) is 3.24. The van der Waals surface area contributed by atoms with E-state index >= 15 is 0 Å². The van der Waals surface area contributed by atoms with Crippen LogP contribution in [-0.2, 0) is 22.6 Å². The van der Waals surface area contributed by atoms with Gasteiger partial charge in [0.15, 0.2) is 0 Å². The molecule has 1 aliphatic rings. The molecule has 150 valence electrons. The molecule has 0 aromatic heterocycles. The number of hydrogen-bond donors (Lipinski definition) is 2. The van der Waals surface area contributed by atoms with E-state index in [1.165, 1.54) is 24.8 Å². The summed E-state index contributed by atoms with van der Waals surface area (Å²) < 4.78 is 5.19. The maximum atomic E-state index is 12.3. The normalized spacial score (nSPS) is 16.4. The lowest BCUT2D eigenvalue weighted by Crippen LogP contribution is -2.46. The van der Waals surface area contributed by atoms with Crippen LogP contribution in [0.4, 0.5) is 4.79 Å². The number of likely N-dealkylation sites (tertiary alicyclic amines) is 1. The minimum absolute atomic E-state index is 0.228. The number of carbonyl (C=O) groups excluding carboxylic acids is 2. The van der Waals surface area contributed by atoms with Gasteiger partial charge in [-0.1, -0.05) is 30.7 Å². The molecule has 1 saturated heterocycles. The third kappa shape index (κ3) is 7.59. The van der Waals surface area contributed by atoms with E-state index < -0.39 is 17.7 Å². The van der Waals surface area contributed by atoms with Gasteiger partial charge in [-0.3, -0.25) is 9.69 Å². The summed E-state index contributed by atoms with van der Waals surface area (Å²) in [5.41, 5.74) is 1.77. The lowest BCUT2D eigenvalue weighted by Gasteiger charge is -2.27. The highest BCUT2D eigenvalue weighted by atomic mass is 16.6. The molecule has 2 N–H and O–H groups in total. The Morgan fingerprint density at radius 3 is 2.37 bits per heavy atom. The van der Waals surface area contributed by atoms with Crippen LogP contribution in [0.1, 0.15) is 58.1 Å². The largest absolute Gasteiger partial charge is 0.444 e. The number of nitrogens with zero attached hydrogens (tertiary/aromatic N) is 1. The van der Waals surface area contributed by atoms with Gasteiger partial charge in [-0.25, -0.2) is 4.79 Å². The summed E-state index contributed by atoms with van der Waals surface area (Å²) in [7, 11) is 0. The van der Waals surface area contributed by atoms with Gasteiger partial charge in [-0.2, -0.15) is 0 Å². The molecule has 1 atom stereocenters. The monoisotopic (exact) mass is 375 g/mol. The maximum Gasteiger partial charge on any atom is 0.408 e. The number of benzene rings is 1. The van der Waals surface area contributed by atoms with Gasteiger partial charge < -0.3 is 15.4 Å². The Hall–Kier alpha value is -2.08. The van der Waals surface area contributed by atoms with Crippen molar-refractivity contribution in [1.29, 1.82) is 0 Å². The molecule has 2 rings (SSSR count). The van der Waals surface area contributed by atoms with Crippen molar-refractivity contribution >= 4 is 12.0 Å². The Kier molecular flexibility index (Phi) is 7.66. The van der Waals surface area contributed by atoms with Crippen molar-refractivity contribution in [2.45, 2.75) is 71.7 Å². The van der Waals surface area contributed by atoms with Gasteiger partial charge >= 0.3 is 6.09 Å². The molecule has 0 radical (unpaired) electrons. The van der Waals surface area contributed by atoms with Crippen molar-refractivity contribution in [2.24, 2.45) is 0 Å². The molecule has 0 unspecified atom stereocenters. The number of ether oxygens (including phenoxy) is 1. The summed E-state index contributed by atoms with van der Waals surface area (Å²) in [4.78, 5) is 26.6. The molecule has 6 nitrogen and oxygen atoms in total. The van der Waals surface area contributed by atoms with Crippen molar-refractivity contribution in [3.63, 3.8) is 0 Å². The van der Waals surface area contributed by atoms with Crippen LogP contribution in [0.25, 0.3) is 0 Å². The van der Waals surface area contributed by atoms with Gasteiger partial charge in [0, 0.05) is 13.1 Å². The number of hydrogen-bond acceptors (Lipinski definition) is 4. The molecular weight excluding hydrogens is 342 g/mol.